The quantitative estimate of drug-likeness (QED) is 0.295. The summed E-state index contributed by atoms with van der Waals surface area (Å²) in [5.74, 6) is -0.582. The lowest BCUT2D eigenvalue weighted by Crippen LogP contribution is -2.27. The number of epoxide rings is 1. The lowest BCUT2D eigenvalue weighted by Gasteiger charge is -2.17. The third-order valence-corrected chi connectivity index (χ3v) is 2.90. The third-order valence-electron chi connectivity index (χ3n) is 2.90. The van der Waals surface area contributed by atoms with Crippen LogP contribution in [0.3, 0.4) is 0 Å². The Labute approximate surface area is 139 Å². The van der Waals surface area contributed by atoms with Crippen molar-refractivity contribution in [2.45, 2.75) is 47.1 Å². The van der Waals surface area contributed by atoms with Crippen molar-refractivity contribution >= 4 is 11.9 Å². The van der Waals surface area contributed by atoms with Crippen molar-refractivity contribution in [2.24, 2.45) is 0 Å². The van der Waals surface area contributed by atoms with Gasteiger partial charge in [0, 0.05) is 24.2 Å². The number of hydrogen-bond acceptors (Lipinski definition) is 6. The molecule has 1 rings (SSSR count). The first-order valence-electron chi connectivity index (χ1n) is 7.93. The molecule has 0 bridgehead atoms. The van der Waals surface area contributed by atoms with Crippen LogP contribution >= 0.6 is 0 Å². The molecule has 0 aromatic carbocycles. The molecule has 1 aliphatic heterocycles. The van der Waals surface area contributed by atoms with Crippen LogP contribution in [0.25, 0.3) is 0 Å². The first kappa shape index (κ1) is 21.3. The van der Waals surface area contributed by atoms with Gasteiger partial charge in [-0.05, 0) is 34.1 Å². The molecule has 1 atom stereocenters. The van der Waals surface area contributed by atoms with E-state index in [1.54, 1.807) is 18.9 Å². The van der Waals surface area contributed by atoms with Gasteiger partial charge < -0.3 is 14.3 Å². The van der Waals surface area contributed by atoms with Crippen molar-refractivity contribution in [3.05, 3.63) is 23.8 Å². The van der Waals surface area contributed by atoms with Crippen molar-refractivity contribution < 1.29 is 23.9 Å². The minimum Gasteiger partial charge on any atom is -0.459 e. The molecule has 0 radical (unpaired) electrons. The fraction of sp³-hybridized carbons (Fsp3) is 0.647. The molecule has 1 fully saturated rings. The Morgan fingerprint density at radius 1 is 1.22 bits per heavy atom. The molecule has 0 spiro atoms. The highest BCUT2D eigenvalue weighted by Crippen LogP contribution is 2.09. The molecule has 23 heavy (non-hydrogen) atoms. The largest absolute Gasteiger partial charge is 0.459 e. The number of hydroxylamine groups is 2. The van der Waals surface area contributed by atoms with E-state index in [1.165, 1.54) is 0 Å². The van der Waals surface area contributed by atoms with Crippen LogP contribution in [0.1, 0.15) is 41.0 Å². The van der Waals surface area contributed by atoms with E-state index in [2.05, 4.69) is 6.58 Å². The normalized spacial score (nSPS) is 16.3. The molecular weight excluding hydrogens is 298 g/mol. The van der Waals surface area contributed by atoms with Crippen molar-refractivity contribution in [3.8, 4) is 0 Å². The smallest absolute Gasteiger partial charge is 0.352 e. The monoisotopic (exact) mass is 327 g/mol. The van der Waals surface area contributed by atoms with Crippen LogP contribution in [0.2, 0.25) is 0 Å². The maximum absolute atomic E-state index is 11.3. The molecule has 132 valence electrons. The summed E-state index contributed by atoms with van der Waals surface area (Å²) in [5, 5.41) is 1.63. The third kappa shape index (κ3) is 10.7. The summed E-state index contributed by atoms with van der Waals surface area (Å²) in [5.41, 5.74) is 1.11. The highest BCUT2D eigenvalue weighted by atomic mass is 16.7. The Balaban J connectivity index is 0.000000433. The number of esters is 1. The number of carbonyl (C=O) groups is 2. The molecule has 6 heteroatoms. The molecule has 0 amide bonds. The van der Waals surface area contributed by atoms with E-state index >= 15 is 0 Å². The molecule has 1 unspecified atom stereocenters. The van der Waals surface area contributed by atoms with Gasteiger partial charge in [0.05, 0.1) is 6.61 Å². The second kappa shape index (κ2) is 11.8. The van der Waals surface area contributed by atoms with E-state index < -0.39 is 0 Å². The standard InChI is InChI=1S/C10H19NO2.C7H10O3/c1-5-8-9(4)10(12)13-11(6-2)7-3;1-5(2)7(8)10-4-6-3-9-6/h8H,5-7H2,1-4H3;6H,1,3-4H2,2H3. The number of rotatable bonds is 8. The zero-order valence-corrected chi connectivity index (χ0v) is 14.9. The summed E-state index contributed by atoms with van der Waals surface area (Å²) in [7, 11) is 0. The average molecular weight is 327 g/mol. The Hall–Kier alpha value is -1.66. The van der Waals surface area contributed by atoms with E-state index in [-0.39, 0.29) is 18.0 Å². The summed E-state index contributed by atoms with van der Waals surface area (Å²) < 4.78 is 9.60. The van der Waals surface area contributed by atoms with Crippen molar-refractivity contribution in [2.75, 3.05) is 26.3 Å². The molecule has 0 saturated carbocycles. The summed E-state index contributed by atoms with van der Waals surface area (Å²) in [6, 6.07) is 0. The van der Waals surface area contributed by atoms with E-state index in [0.29, 0.717) is 24.4 Å². The van der Waals surface area contributed by atoms with Gasteiger partial charge in [0.15, 0.2) is 0 Å². The second-order valence-electron chi connectivity index (χ2n) is 5.12. The van der Waals surface area contributed by atoms with E-state index in [0.717, 1.165) is 19.5 Å². The highest BCUT2D eigenvalue weighted by molar-refractivity contribution is 5.87. The molecule has 0 aromatic rings. The minimum atomic E-state index is -0.337. The van der Waals surface area contributed by atoms with E-state index in [9.17, 15) is 9.59 Å². The number of ether oxygens (including phenoxy) is 2. The Bertz CT molecular complexity index is 423. The predicted molar refractivity (Wildman–Crippen MR) is 88.6 cm³/mol. The van der Waals surface area contributed by atoms with Gasteiger partial charge in [0.1, 0.15) is 12.7 Å². The second-order valence-corrected chi connectivity index (χ2v) is 5.12. The fourth-order valence-corrected chi connectivity index (χ4v) is 1.39. The lowest BCUT2D eigenvalue weighted by molar-refractivity contribution is -0.183. The average Bonchev–Trinajstić information content (AvgIpc) is 3.34. The van der Waals surface area contributed by atoms with Gasteiger partial charge in [0.25, 0.3) is 0 Å². The molecular formula is C17H29NO5. The Morgan fingerprint density at radius 2 is 1.78 bits per heavy atom. The van der Waals surface area contributed by atoms with Crippen LogP contribution in [-0.4, -0.2) is 49.4 Å². The van der Waals surface area contributed by atoms with Gasteiger partial charge >= 0.3 is 11.9 Å². The maximum Gasteiger partial charge on any atom is 0.352 e. The summed E-state index contributed by atoms with van der Waals surface area (Å²) >= 11 is 0. The lowest BCUT2D eigenvalue weighted by atomic mass is 10.2. The SMILES string of the molecule is C=C(C)C(=O)OCC1CO1.CCC=C(C)C(=O)ON(CC)CC. The predicted octanol–water partition coefficient (Wildman–Crippen LogP) is 2.65. The maximum atomic E-state index is 11.3. The van der Waals surface area contributed by atoms with E-state index in [1.807, 2.05) is 26.8 Å². The molecule has 1 heterocycles. The number of nitrogens with zero attached hydrogens (tertiary/aromatic N) is 1. The first-order valence-corrected chi connectivity index (χ1v) is 7.93. The van der Waals surface area contributed by atoms with Gasteiger partial charge in [0.2, 0.25) is 0 Å². The first-order chi connectivity index (χ1) is 10.8. The Kier molecular flexibility index (Phi) is 11.0. The molecule has 1 saturated heterocycles. The topological polar surface area (TPSA) is 68.4 Å². The van der Waals surface area contributed by atoms with Crippen LogP contribution in [0, 0.1) is 0 Å². The summed E-state index contributed by atoms with van der Waals surface area (Å²) in [6.45, 7) is 15.3. The summed E-state index contributed by atoms with van der Waals surface area (Å²) in [6.07, 6.45) is 2.87. The number of carbonyl (C=O) groups excluding carboxylic acids is 2. The fourth-order valence-electron chi connectivity index (χ4n) is 1.39. The van der Waals surface area contributed by atoms with Gasteiger partial charge in [-0.3, -0.25) is 0 Å². The minimum absolute atomic E-state index is 0.142. The highest BCUT2D eigenvalue weighted by Gasteiger charge is 2.24. The summed E-state index contributed by atoms with van der Waals surface area (Å²) in [4.78, 5) is 27.1. The molecule has 0 aromatic heterocycles. The van der Waals surface area contributed by atoms with Crippen molar-refractivity contribution in [1.29, 1.82) is 0 Å². The zero-order chi connectivity index (χ0) is 17.8. The van der Waals surface area contributed by atoms with Gasteiger partial charge in [-0.15, -0.1) is 5.06 Å². The van der Waals surface area contributed by atoms with Crippen LogP contribution in [0.15, 0.2) is 23.8 Å². The van der Waals surface area contributed by atoms with E-state index in [4.69, 9.17) is 14.3 Å². The van der Waals surface area contributed by atoms with Gasteiger partial charge in [-0.25, -0.2) is 9.59 Å². The van der Waals surface area contributed by atoms with Crippen LogP contribution < -0.4 is 0 Å². The molecule has 1 aliphatic rings. The molecule has 0 N–H and O–H groups in total. The number of allylic oxidation sites excluding steroid dienone is 1. The molecule has 0 aliphatic carbocycles. The Morgan fingerprint density at radius 3 is 2.17 bits per heavy atom. The van der Waals surface area contributed by atoms with Crippen LogP contribution in [0.4, 0.5) is 0 Å². The van der Waals surface area contributed by atoms with Gasteiger partial charge in [-0.2, -0.15) is 0 Å². The van der Waals surface area contributed by atoms with Crippen molar-refractivity contribution in [1.82, 2.24) is 5.06 Å². The molecule has 6 nitrogen and oxygen atoms in total. The van der Waals surface area contributed by atoms with Crippen molar-refractivity contribution in [3.63, 3.8) is 0 Å². The van der Waals surface area contributed by atoms with Gasteiger partial charge in [-0.1, -0.05) is 19.6 Å². The van der Waals surface area contributed by atoms with Crippen LogP contribution in [0.5, 0.6) is 0 Å². The zero-order valence-electron chi connectivity index (χ0n) is 14.9. The van der Waals surface area contributed by atoms with Crippen LogP contribution in [-0.2, 0) is 23.9 Å². The number of hydrogen-bond donors (Lipinski definition) is 0.